The number of carbonyl (C=O) groups excluding carboxylic acids is 1. The summed E-state index contributed by atoms with van der Waals surface area (Å²) in [5, 5.41) is 10.6. The highest BCUT2D eigenvalue weighted by Crippen LogP contribution is 2.22. The van der Waals surface area contributed by atoms with E-state index in [0.29, 0.717) is 29.5 Å². The Kier molecular flexibility index (Phi) is 5.80. The van der Waals surface area contributed by atoms with Crippen LogP contribution in [0.3, 0.4) is 0 Å². The lowest BCUT2D eigenvalue weighted by Crippen LogP contribution is -2.29. The molecule has 1 amide bonds. The van der Waals surface area contributed by atoms with E-state index in [-0.39, 0.29) is 5.91 Å². The van der Waals surface area contributed by atoms with E-state index in [1.807, 2.05) is 30.6 Å². The van der Waals surface area contributed by atoms with E-state index in [4.69, 9.17) is 0 Å². The van der Waals surface area contributed by atoms with Gasteiger partial charge in [-0.25, -0.2) is 9.50 Å². The van der Waals surface area contributed by atoms with Crippen molar-refractivity contribution in [3.63, 3.8) is 0 Å². The van der Waals surface area contributed by atoms with E-state index in [0.717, 1.165) is 12.1 Å². The van der Waals surface area contributed by atoms with Crippen LogP contribution in [0.4, 0.5) is 5.82 Å². The Balaban J connectivity index is 1.42. The van der Waals surface area contributed by atoms with Crippen LogP contribution in [0.25, 0.3) is 5.65 Å². The fraction of sp³-hybridized carbons (Fsp3) is 0.429. The van der Waals surface area contributed by atoms with Gasteiger partial charge in [0.1, 0.15) is 11.4 Å². The second-order valence-electron chi connectivity index (χ2n) is 7.42. The smallest absolute Gasteiger partial charge is 0.256 e. The number of nitrogens with zero attached hydrogens (tertiary/aromatic N) is 4. The molecule has 1 saturated carbocycles. The minimum absolute atomic E-state index is 0.101. The van der Waals surface area contributed by atoms with Gasteiger partial charge in [0.2, 0.25) is 0 Å². The van der Waals surface area contributed by atoms with Gasteiger partial charge in [0.25, 0.3) is 5.91 Å². The Morgan fingerprint density at radius 2 is 2.00 bits per heavy atom. The van der Waals surface area contributed by atoms with E-state index >= 15 is 0 Å². The molecule has 7 nitrogen and oxygen atoms in total. The van der Waals surface area contributed by atoms with E-state index < -0.39 is 0 Å². The predicted molar refractivity (Wildman–Crippen MR) is 108 cm³/mol. The molecular weight excluding hydrogens is 352 g/mol. The number of carbonyl (C=O) groups is 1. The van der Waals surface area contributed by atoms with Crippen molar-refractivity contribution >= 4 is 17.4 Å². The first kappa shape index (κ1) is 18.4. The van der Waals surface area contributed by atoms with Gasteiger partial charge in [-0.1, -0.05) is 31.7 Å². The summed E-state index contributed by atoms with van der Waals surface area (Å²) in [4.78, 5) is 21.4. The lowest BCUT2D eigenvalue weighted by atomic mass is 10.0. The number of rotatable bonds is 6. The van der Waals surface area contributed by atoms with Gasteiger partial charge >= 0.3 is 0 Å². The quantitative estimate of drug-likeness (QED) is 0.642. The first-order chi connectivity index (χ1) is 13.8. The van der Waals surface area contributed by atoms with Gasteiger partial charge in [-0.3, -0.25) is 9.78 Å². The van der Waals surface area contributed by atoms with Crippen LogP contribution in [0.15, 0.2) is 43.0 Å². The molecule has 3 aromatic heterocycles. The Hall–Kier alpha value is -2.96. The lowest BCUT2D eigenvalue weighted by Gasteiger charge is -2.14. The summed E-state index contributed by atoms with van der Waals surface area (Å²) >= 11 is 0. The minimum Gasteiger partial charge on any atom is -0.366 e. The summed E-state index contributed by atoms with van der Waals surface area (Å²) in [5.74, 6) is 1.18. The van der Waals surface area contributed by atoms with Crippen LogP contribution in [0.5, 0.6) is 0 Å². The van der Waals surface area contributed by atoms with Crippen molar-refractivity contribution in [2.24, 2.45) is 5.92 Å². The van der Waals surface area contributed by atoms with Crippen molar-refractivity contribution in [1.82, 2.24) is 24.9 Å². The molecule has 28 heavy (non-hydrogen) atoms. The van der Waals surface area contributed by atoms with E-state index in [2.05, 4.69) is 25.7 Å². The van der Waals surface area contributed by atoms with Gasteiger partial charge in [-0.2, -0.15) is 5.10 Å². The minimum atomic E-state index is -0.101. The molecule has 1 aliphatic carbocycles. The monoisotopic (exact) mass is 378 g/mol. The van der Waals surface area contributed by atoms with Gasteiger partial charge in [0, 0.05) is 31.7 Å². The van der Waals surface area contributed by atoms with Crippen LogP contribution >= 0.6 is 0 Å². The molecule has 0 radical (unpaired) electrons. The number of hydrogen-bond acceptors (Lipinski definition) is 5. The second-order valence-corrected chi connectivity index (χ2v) is 7.42. The molecule has 0 unspecified atom stereocenters. The number of aromatic nitrogens is 4. The zero-order chi connectivity index (χ0) is 19.2. The highest BCUT2D eigenvalue weighted by Gasteiger charge is 2.17. The Morgan fingerprint density at radius 3 is 2.79 bits per heavy atom. The second kappa shape index (κ2) is 8.82. The van der Waals surface area contributed by atoms with Gasteiger partial charge in [-0.15, -0.1) is 0 Å². The highest BCUT2D eigenvalue weighted by atomic mass is 16.1. The molecule has 0 atom stereocenters. The maximum atomic E-state index is 12.7. The fourth-order valence-corrected chi connectivity index (χ4v) is 3.72. The average molecular weight is 378 g/mol. The molecule has 0 aliphatic heterocycles. The zero-order valence-corrected chi connectivity index (χ0v) is 16.0. The van der Waals surface area contributed by atoms with Crippen LogP contribution in [0.2, 0.25) is 0 Å². The lowest BCUT2D eigenvalue weighted by molar-refractivity contribution is 0.0947. The number of fused-ring (bicyclic) bond motifs is 1. The van der Waals surface area contributed by atoms with Crippen molar-refractivity contribution in [3.05, 3.63) is 54.1 Å². The Bertz CT molecular complexity index is 915. The first-order valence-corrected chi connectivity index (χ1v) is 10.0. The standard InChI is InChI=1S/C21H26N6O/c28-21(24-13-16-6-3-1-2-4-7-16)18-15-25-27-11-9-19(26-20(18)27)23-14-17-8-5-10-22-12-17/h5,8-12,15-16H,1-4,6-7,13-14H2,(H,23,26)(H,24,28). The summed E-state index contributed by atoms with van der Waals surface area (Å²) in [6.07, 6.45) is 14.6. The third-order valence-electron chi connectivity index (χ3n) is 5.34. The van der Waals surface area contributed by atoms with Gasteiger partial charge < -0.3 is 10.6 Å². The van der Waals surface area contributed by atoms with E-state index in [9.17, 15) is 4.79 Å². The van der Waals surface area contributed by atoms with Crippen molar-refractivity contribution in [2.45, 2.75) is 45.1 Å². The van der Waals surface area contributed by atoms with Crippen molar-refractivity contribution in [1.29, 1.82) is 0 Å². The van der Waals surface area contributed by atoms with Crippen molar-refractivity contribution in [3.8, 4) is 0 Å². The summed E-state index contributed by atoms with van der Waals surface area (Å²) in [7, 11) is 0. The molecule has 0 aromatic carbocycles. The van der Waals surface area contributed by atoms with Gasteiger partial charge in [0.05, 0.1) is 6.20 Å². The van der Waals surface area contributed by atoms with Crippen LogP contribution in [-0.2, 0) is 6.54 Å². The zero-order valence-electron chi connectivity index (χ0n) is 16.0. The molecule has 1 fully saturated rings. The summed E-state index contributed by atoms with van der Waals surface area (Å²) in [6.45, 7) is 1.35. The number of pyridine rings is 1. The Morgan fingerprint density at radius 1 is 1.14 bits per heavy atom. The molecule has 2 N–H and O–H groups in total. The topological polar surface area (TPSA) is 84.2 Å². The van der Waals surface area contributed by atoms with Crippen LogP contribution < -0.4 is 10.6 Å². The molecule has 3 aromatic rings. The number of anilines is 1. The molecule has 7 heteroatoms. The number of amides is 1. The van der Waals surface area contributed by atoms with E-state index in [1.54, 1.807) is 16.9 Å². The molecule has 0 saturated heterocycles. The van der Waals surface area contributed by atoms with Gasteiger partial charge in [-0.05, 0) is 36.5 Å². The third-order valence-corrected chi connectivity index (χ3v) is 5.34. The largest absolute Gasteiger partial charge is 0.366 e. The van der Waals surface area contributed by atoms with Crippen molar-refractivity contribution < 1.29 is 4.79 Å². The number of nitrogens with one attached hydrogen (secondary N) is 2. The summed E-state index contributed by atoms with van der Waals surface area (Å²) in [6, 6.07) is 5.76. The van der Waals surface area contributed by atoms with Crippen LogP contribution in [0, 0.1) is 5.92 Å². The fourth-order valence-electron chi connectivity index (χ4n) is 3.72. The average Bonchev–Trinajstić information content (AvgIpc) is 2.98. The molecule has 1 aliphatic rings. The number of hydrogen-bond donors (Lipinski definition) is 2. The predicted octanol–water partition coefficient (Wildman–Crippen LogP) is 3.44. The summed E-state index contributed by atoms with van der Waals surface area (Å²) < 4.78 is 1.63. The SMILES string of the molecule is O=C(NCC1CCCCCC1)c1cnn2ccc(NCc3cccnc3)nc12. The Labute approximate surface area is 164 Å². The maximum absolute atomic E-state index is 12.7. The van der Waals surface area contributed by atoms with Crippen LogP contribution in [-0.4, -0.2) is 32.0 Å². The van der Waals surface area contributed by atoms with Crippen molar-refractivity contribution in [2.75, 3.05) is 11.9 Å². The van der Waals surface area contributed by atoms with Crippen LogP contribution in [0.1, 0.15) is 54.4 Å². The molecule has 3 heterocycles. The maximum Gasteiger partial charge on any atom is 0.256 e. The summed E-state index contributed by atoms with van der Waals surface area (Å²) in [5.41, 5.74) is 2.15. The first-order valence-electron chi connectivity index (χ1n) is 10.0. The molecule has 4 rings (SSSR count). The molecule has 146 valence electrons. The normalized spacial score (nSPS) is 15.3. The third kappa shape index (κ3) is 4.47. The molecular formula is C21H26N6O. The molecule has 0 bridgehead atoms. The molecule has 0 spiro atoms. The highest BCUT2D eigenvalue weighted by molar-refractivity contribution is 5.99. The van der Waals surface area contributed by atoms with E-state index in [1.165, 1.54) is 38.5 Å². The van der Waals surface area contributed by atoms with Gasteiger partial charge in [0.15, 0.2) is 5.65 Å².